The van der Waals surface area contributed by atoms with Crippen molar-refractivity contribution in [3.63, 3.8) is 0 Å². The van der Waals surface area contributed by atoms with Gasteiger partial charge in [0.2, 0.25) is 0 Å². The zero-order chi connectivity index (χ0) is 16.2. The van der Waals surface area contributed by atoms with Crippen LogP contribution in [0.15, 0.2) is 48.9 Å². The summed E-state index contributed by atoms with van der Waals surface area (Å²) in [7, 11) is 0. The van der Waals surface area contributed by atoms with Crippen LogP contribution in [0, 0.1) is 6.92 Å². The normalized spacial score (nSPS) is 13.9. The molecule has 0 saturated carbocycles. The molecule has 0 saturated heterocycles. The number of para-hydroxylation sites is 1. The number of hydrogen-bond donors (Lipinski definition) is 1. The van der Waals surface area contributed by atoms with Gasteiger partial charge in [0.15, 0.2) is 0 Å². The fourth-order valence-electron chi connectivity index (χ4n) is 2.41. The molecule has 0 spiro atoms. The summed E-state index contributed by atoms with van der Waals surface area (Å²) in [4.78, 5) is 0. The van der Waals surface area contributed by atoms with Crippen LogP contribution in [0.25, 0.3) is 5.69 Å². The number of rotatable bonds is 6. The Morgan fingerprint density at radius 2 is 1.91 bits per heavy atom. The number of aromatic nitrogens is 5. The number of nitrogens with one attached hydrogen (secondary N) is 1. The van der Waals surface area contributed by atoms with Crippen molar-refractivity contribution in [2.24, 2.45) is 0 Å². The standard InChI is InChI=1S/C17H22N6/c1-13-9-19-22(11-13)15(3)14(2)18-10-16-12-23(21-20-16)17-7-5-4-6-8-17/h4-9,11-12,14-15,18H,10H2,1-3H3/t14-,15-/m1/s1. The molecule has 3 aromatic rings. The topological polar surface area (TPSA) is 60.6 Å². The number of nitrogens with zero attached hydrogens (tertiary/aromatic N) is 5. The van der Waals surface area contributed by atoms with Crippen molar-refractivity contribution in [1.29, 1.82) is 0 Å². The Labute approximate surface area is 136 Å². The average Bonchev–Trinajstić information content (AvgIpc) is 3.22. The first-order valence-corrected chi connectivity index (χ1v) is 7.84. The highest BCUT2D eigenvalue weighted by atomic mass is 15.4. The molecule has 23 heavy (non-hydrogen) atoms. The van der Waals surface area contributed by atoms with E-state index in [9.17, 15) is 0 Å². The highest BCUT2D eigenvalue weighted by Gasteiger charge is 2.15. The molecule has 3 rings (SSSR count). The zero-order valence-corrected chi connectivity index (χ0v) is 13.7. The molecule has 2 aromatic heterocycles. The predicted molar refractivity (Wildman–Crippen MR) is 89.3 cm³/mol. The van der Waals surface area contributed by atoms with E-state index in [1.165, 1.54) is 5.56 Å². The molecule has 0 unspecified atom stereocenters. The van der Waals surface area contributed by atoms with Crippen LogP contribution in [0.1, 0.15) is 31.1 Å². The van der Waals surface area contributed by atoms with Gasteiger partial charge >= 0.3 is 0 Å². The Balaban J connectivity index is 1.59. The first-order chi connectivity index (χ1) is 11.1. The first-order valence-electron chi connectivity index (χ1n) is 7.84. The van der Waals surface area contributed by atoms with Crippen molar-refractivity contribution < 1.29 is 0 Å². The number of benzene rings is 1. The van der Waals surface area contributed by atoms with Crippen molar-refractivity contribution in [3.8, 4) is 5.69 Å². The highest BCUT2D eigenvalue weighted by molar-refractivity contribution is 5.29. The summed E-state index contributed by atoms with van der Waals surface area (Å²) in [6, 6.07) is 10.5. The quantitative estimate of drug-likeness (QED) is 0.760. The lowest BCUT2D eigenvalue weighted by molar-refractivity contribution is 0.363. The molecule has 0 aliphatic rings. The fourth-order valence-corrected chi connectivity index (χ4v) is 2.41. The van der Waals surface area contributed by atoms with E-state index in [4.69, 9.17) is 0 Å². The lowest BCUT2D eigenvalue weighted by Crippen LogP contribution is -2.33. The molecular weight excluding hydrogens is 288 g/mol. The maximum Gasteiger partial charge on any atom is 0.0969 e. The summed E-state index contributed by atoms with van der Waals surface area (Å²) in [5, 5.41) is 16.3. The molecular formula is C17H22N6. The Kier molecular flexibility index (Phi) is 4.52. The van der Waals surface area contributed by atoms with Gasteiger partial charge in [-0.2, -0.15) is 5.10 Å². The lowest BCUT2D eigenvalue weighted by Gasteiger charge is -2.21. The molecule has 0 radical (unpaired) electrons. The average molecular weight is 310 g/mol. The van der Waals surface area contributed by atoms with E-state index in [2.05, 4.69) is 47.7 Å². The zero-order valence-electron chi connectivity index (χ0n) is 13.7. The maximum absolute atomic E-state index is 4.38. The molecule has 6 heteroatoms. The lowest BCUT2D eigenvalue weighted by atomic mass is 10.1. The van der Waals surface area contributed by atoms with Gasteiger partial charge in [-0.3, -0.25) is 4.68 Å². The molecule has 0 aliphatic carbocycles. The summed E-state index contributed by atoms with van der Waals surface area (Å²) >= 11 is 0. The summed E-state index contributed by atoms with van der Waals surface area (Å²) in [6.07, 6.45) is 5.90. The third-order valence-corrected chi connectivity index (χ3v) is 4.04. The number of aryl methyl sites for hydroxylation is 1. The monoisotopic (exact) mass is 310 g/mol. The summed E-state index contributed by atoms with van der Waals surface area (Å²) in [5.41, 5.74) is 3.11. The second-order valence-corrected chi connectivity index (χ2v) is 5.90. The summed E-state index contributed by atoms with van der Waals surface area (Å²) in [5.74, 6) is 0. The van der Waals surface area contributed by atoms with Crippen molar-refractivity contribution in [2.45, 2.75) is 39.4 Å². The summed E-state index contributed by atoms with van der Waals surface area (Å²) in [6.45, 7) is 7.04. The van der Waals surface area contributed by atoms with Gasteiger partial charge in [-0.1, -0.05) is 23.4 Å². The van der Waals surface area contributed by atoms with Gasteiger partial charge in [-0.15, -0.1) is 5.10 Å². The van der Waals surface area contributed by atoms with Crippen LogP contribution in [-0.2, 0) is 6.54 Å². The molecule has 0 fully saturated rings. The van der Waals surface area contributed by atoms with Gasteiger partial charge in [0.1, 0.15) is 0 Å². The Morgan fingerprint density at radius 3 is 2.61 bits per heavy atom. The SMILES string of the molecule is Cc1cnn([C@H](C)[C@@H](C)NCc2cn(-c3ccccc3)nn2)c1. The first kappa shape index (κ1) is 15.4. The van der Waals surface area contributed by atoms with E-state index in [1.54, 1.807) is 4.68 Å². The van der Waals surface area contributed by atoms with E-state index in [-0.39, 0.29) is 12.1 Å². The minimum Gasteiger partial charge on any atom is -0.306 e. The number of hydrogen-bond acceptors (Lipinski definition) is 4. The molecule has 120 valence electrons. The Bertz CT molecular complexity index is 745. The van der Waals surface area contributed by atoms with Gasteiger partial charge in [0.25, 0.3) is 0 Å². The van der Waals surface area contributed by atoms with Crippen LogP contribution >= 0.6 is 0 Å². The third-order valence-electron chi connectivity index (χ3n) is 4.04. The van der Waals surface area contributed by atoms with Gasteiger partial charge < -0.3 is 5.32 Å². The van der Waals surface area contributed by atoms with E-state index >= 15 is 0 Å². The predicted octanol–water partition coefficient (Wildman–Crippen LogP) is 2.51. The van der Waals surface area contributed by atoms with Crippen LogP contribution in [0.2, 0.25) is 0 Å². The van der Waals surface area contributed by atoms with Crippen LogP contribution in [0.3, 0.4) is 0 Å². The largest absolute Gasteiger partial charge is 0.306 e. The molecule has 0 aliphatic heterocycles. The second kappa shape index (κ2) is 6.75. The van der Waals surface area contributed by atoms with E-state index in [0.29, 0.717) is 6.54 Å². The molecule has 0 bridgehead atoms. The molecule has 0 amide bonds. The smallest absolute Gasteiger partial charge is 0.0969 e. The van der Waals surface area contributed by atoms with E-state index < -0.39 is 0 Å². The maximum atomic E-state index is 4.38. The fraction of sp³-hybridized carbons (Fsp3) is 0.353. The van der Waals surface area contributed by atoms with Crippen molar-refractivity contribution >= 4 is 0 Å². The third kappa shape index (κ3) is 3.65. The van der Waals surface area contributed by atoms with Crippen LogP contribution in [0.4, 0.5) is 0 Å². The van der Waals surface area contributed by atoms with Gasteiger partial charge in [-0.05, 0) is 38.5 Å². The van der Waals surface area contributed by atoms with E-state index in [1.807, 2.05) is 47.4 Å². The van der Waals surface area contributed by atoms with Crippen LogP contribution in [0.5, 0.6) is 0 Å². The minimum absolute atomic E-state index is 0.271. The van der Waals surface area contributed by atoms with Crippen molar-refractivity contribution in [1.82, 2.24) is 30.1 Å². The Hall–Kier alpha value is -2.47. The highest BCUT2D eigenvalue weighted by Crippen LogP contribution is 2.11. The van der Waals surface area contributed by atoms with Gasteiger partial charge in [-0.25, -0.2) is 4.68 Å². The molecule has 6 nitrogen and oxygen atoms in total. The van der Waals surface area contributed by atoms with E-state index in [0.717, 1.165) is 11.4 Å². The molecule has 2 heterocycles. The van der Waals surface area contributed by atoms with Crippen molar-refractivity contribution in [2.75, 3.05) is 0 Å². The molecule has 2 atom stereocenters. The van der Waals surface area contributed by atoms with Gasteiger partial charge in [0.05, 0.1) is 29.8 Å². The van der Waals surface area contributed by atoms with Crippen LogP contribution in [-0.4, -0.2) is 30.8 Å². The Morgan fingerprint density at radius 1 is 1.13 bits per heavy atom. The minimum atomic E-state index is 0.271. The molecule has 1 N–H and O–H groups in total. The van der Waals surface area contributed by atoms with Crippen LogP contribution < -0.4 is 5.32 Å². The van der Waals surface area contributed by atoms with Crippen molar-refractivity contribution in [3.05, 3.63) is 60.2 Å². The molecule has 1 aromatic carbocycles. The second-order valence-electron chi connectivity index (χ2n) is 5.90. The van der Waals surface area contributed by atoms with Gasteiger partial charge in [0, 0.05) is 18.8 Å². The summed E-state index contributed by atoms with van der Waals surface area (Å²) < 4.78 is 3.79.